The number of ether oxygens (including phenoxy) is 1. The van der Waals surface area contributed by atoms with E-state index in [1.54, 1.807) is 0 Å². The zero-order valence-corrected chi connectivity index (χ0v) is 14.2. The van der Waals surface area contributed by atoms with Crippen molar-refractivity contribution in [2.45, 2.75) is 57.7 Å². The van der Waals surface area contributed by atoms with E-state index in [2.05, 4.69) is 12.2 Å². The van der Waals surface area contributed by atoms with Gasteiger partial charge in [0.1, 0.15) is 9.84 Å². The molecule has 1 rings (SSSR count). The first-order chi connectivity index (χ1) is 9.92. The number of hydrogen-bond donors (Lipinski definition) is 2. The Hall–Kier alpha value is -0.170. The summed E-state index contributed by atoms with van der Waals surface area (Å²) in [4.78, 5) is 0. The van der Waals surface area contributed by atoms with E-state index in [9.17, 15) is 13.5 Å². The Morgan fingerprint density at radius 1 is 1.33 bits per heavy atom. The van der Waals surface area contributed by atoms with Crippen molar-refractivity contribution in [3.05, 3.63) is 0 Å². The molecule has 0 aromatic rings. The quantitative estimate of drug-likeness (QED) is 0.594. The summed E-state index contributed by atoms with van der Waals surface area (Å²) in [5, 5.41) is 13.0. The Morgan fingerprint density at radius 2 is 2.05 bits per heavy atom. The molecule has 21 heavy (non-hydrogen) atoms. The van der Waals surface area contributed by atoms with Crippen LogP contribution in [0, 0.1) is 5.92 Å². The number of nitrogens with one attached hydrogen (secondary N) is 1. The highest BCUT2D eigenvalue weighted by atomic mass is 32.2. The molecule has 1 aliphatic carbocycles. The topological polar surface area (TPSA) is 75.6 Å². The Balaban J connectivity index is 2.09. The predicted octanol–water partition coefficient (Wildman–Crippen LogP) is 1.36. The first-order valence-corrected chi connectivity index (χ1v) is 10.2. The first-order valence-electron chi connectivity index (χ1n) is 8.10. The molecule has 3 unspecified atom stereocenters. The largest absolute Gasteiger partial charge is 0.389 e. The maximum absolute atomic E-state index is 11.0. The highest BCUT2D eigenvalue weighted by Crippen LogP contribution is 2.29. The molecule has 2 N–H and O–H groups in total. The van der Waals surface area contributed by atoms with Crippen molar-refractivity contribution in [1.82, 2.24) is 5.32 Å². The van der Waals surface area contributed by atoms with Crippen LogP contribution in [-0.4, -0.2) is 57.4 Å². The van der Waals surface area contributed by atoms with Crippen molar-refractivity contribution in [2.75, 3.05) is 31.7 Å². The Labute approximate surface area is 129 Å². The molecule has 6 heteroatoms. The van der Waals surface area contributed by atoms with Crippen LogP contribution in [-0.2, 0) is 14.6 Å². The second-order valence-corrected chi connectivity index (χ2v) is 8.43. The average molecular weight is 321 g/mol. The monoisotopic (exact) mass is 321 g/mol. The number of aliphatic hydroxyl groups is 1. The van der Waals surface area contributed by atoms with E-state index in [1.165, 1.54) is 25.5 Å². The number of sulfone groups is 1. The molecular formula is C15H31NO4S. The van der Waals surface area contributed by atoms with Crippen LogP contribution in [0.1, 0.15) is 45.4 Å². The summed E-state index contributed by atoms with van der Waals surface area (Å²) in [5.41, 5.74) is 0. The SMILES string of the molecule is CCC1CCCCC1OCC(O)CNCCCS(C)(=O)=O. The van der Waals surface area contributed by atoms with E-state index in [0.29, 0.717) is 38.1 Å². The minimum absolute atomic E-state index is 0.187. The number of rotatable bonds is 10. The molecule has 0 saturated heterocycles. The Morgan fingerprint density at radius 3 is 2.71 bits per heavy atom. The second kappa shape index (κ2) is 9.77. The summed E-state index contributed by atoms with van der Waals surface area (Å²) in [6.45, 7) is 3.62. The summed E-state index contributed by atoms with van der Waals surface area (Å²) >= 11 is 0. The molecule has 0 amide bonds. The second-order valence-electron chi connectivity index (χ2n) is 6.17. The van der Waals surface area contributed by atoms with Crippen molar-refractivity contribution in [1.29, 1.82) is 0 Å². The smallest absolute Gasteiger partial charge is 0.147 e. The van der Waals surface area contributed by atoms with E-state index < -0.39 is 15.9 Å². The highest BCUT2D eigenvalue weighted by molar-refractivity contribution is 7.90. The zero-order valence-electron chi connectivity index (χ0n) is 13.4. The maximum Gasteiger partial charge on any atom is 0.147 e. The van der Waals surface area contributed by atoms with Gasteiger partial charge in [-0.1, -0.05) is 26.2 Å². The van der Waals surface area contributed by atoms with Crippen LogP contribution in [0.15, 0.2) is 0 Å². The van der Waals surface area contributed by atoms with Gasteiger partial charge in [-0.2, -0.15) is 0 Å². The van der Waals surface area contributed by atoms with Gasteiger partial charge in [0, 0.05) is 12.8 Å². The number of aliphatic hydroxyl groups excluding tert-OH is 1. The lowest BCUT2D eigenvalue weighted by atomic mass is 9.85. The zero-order chi connectivity index (χ0) is 15.7. The highest BCUT2D eigenvalue weighted by Gasteiger charge is 2.24. The summed E-state index contributed by atoms with van der Waals surface area (Å²) < 4.78 is 27.8. The summed E-state index contributed by atoms with van der Waals surface area (Å²) in [7, 11) is -2.89. The van der Waals surface area contributed by atoms with Gasteiger partial charge in [0.05, 0.1) is 24.6 Å². The average Bonchev–Trinajstić information content (AvgIpc) is 2.43. The van der Waals surface area contributed by atoms with Gasteiger partial charge in [-0.3, -0.25) is 0 Å². The third-order valence-corrected chi connectivity index (χ3v) is 5.15. The van der Waals surface area contributed by atoms with Crippen LogP contribution < -0.4 is 5.32 Å². The van der Waals surface area contributed by atoms with E-state index in [0.717, 1.165) is 12.8 Å². The van der Waals surface area contributed by atoms with Crippen molar-refractivity contribution in [3.8, 4) is 0 Å². The van der Waals surface area contributed by atoms with Crippen LogP contribution in [0.2, 0.25) is 0 Å². The molecule has 126 valence electrons. The lowest BCUT2D eigenvalue weighted by Gasteiger charge is -2.31. The molecule has 0 aromatic carbocycles. The first kappa shape index (κ1) is 18.9. The van der Waals surface area contributed by atoms with Gasteiger partial charge in [-0.05, 0) is 31.7 Å². The normalized spacial score (nSPS) is 24.9. The minimum Gasteiger partial charge on any atom is -0.389 e. The maximum atomic E-state index is 11.0. The van der Waals surface area contributed by atoms with E-state index in [4.69, 9.17) is 4.74 Å². The lowest BCUT2D eigenvalue weighted by Crippen LogP contribution is -2.35. The van der Waals surface area contributed by atoms with Gasteiger partial charge in [0.2, 0.25) is 0 Å². The standard InChI is InChI=1S/C15H31NO4S/c1-3-13-7-4-5-8-15(13)20-12-14(17)11-16-9-6-10-21(2,18)19/h13-17H,3-12H2,1-2H3. The molecule has 0 spiro atoms. The molecule has 3 atom stereocenters. The molecule has 1 aliphatic rings. The number of hydrogen-bond acceptors (Lipinski definition) is 5. The van der Waals surface area contributed by atoms with E-state index >= 15 is 0 Å². The molecule has 1 saturated carbocycles. The van der Waals surface area contributed by atoms with Crippen LogP contribution in [0.25, 0.3) is 0 Å². The van der Waals surface area contributed by atoms with E-state index in [-0.39, 0.29) is 5.75 Å². The fourth-order valence-electron chi connectivity index (χ4n) is 2.88. The molecule has 0 aromatic heterocycles. The summed E-state index contributed by atoms with van der Waals surface area (Å²) in [5.74, 6) is 0.820. The van der Waals surface area contributed by atoms with Crippen LogP contribution in [0.5, 0.6) is 0 Å². The van der Waals surface area contributed by atoms with Crippen molar-refractivity contribution >= 4 is 9.84 Å². The molecule has 0 bridgehead atoms. The van der Waals surface area contributed by atoms with Gasteiger partial charge in [0.25, 0.3) is 0 Å². The summed E-state index contributed by atoms with van der Waals surface area (Å²) in [6, 6.07) is 0. The van der Waals surface area contributed by atoms with Gasteiger partial charge < -0.3 is 15.2 Å². The molecule has 0 radical (unpaired) electrons. The fraction of sp³-hybridized carbons (Fsp3) is 1.00. The Bertz CT molecular complexity index is 372. The van der Waals surface area contributed by atoms with Gasteiger partial charge in [0.15, 0.2) is 0 Å². The Kier molecular flexibility index (Phi) is 8.78. The van der Waals surface area contributed by atoms with Gasteiger partial charge in [-0.15, -0.1) is 0 Å². The predicted molar refractivity (Wildman–Crippen MR) is 85.2 cm³/mol. The molecule has 0 aliphatic heterocycles. The molecule has 1 fully saturated rings. The van der Waals surface area contributed by atoms with Gasteiger partial charge >= 0.3 is 0 Å². The third kappa shape index (κ3) is 8.76. The van der Waals surface area contributed by atoms with Crippen LogP contribution in [0.4, 0.5) is 0 Å². The fourth-order valence-corrected chi connectivity index (χ4v) is 3.55. The van der Waals surface area contributed by atoms with E-state index in [1.807, 2.05) is 0 Å². The van der Waals surface area contributed by atoms with Crippen LogP contribution in [0.3, 0.4) is 0 Å². The molecule has 5 nitrogen and oxygen atoms in total. The van der Waals surface area contributed by atoms with Gasteiger partial charge in [-0.25, -0.2) is 8.42 Å². The third-order valence-electron chi connectivity index (χ3n) is 4.12. The van der Waals surface area contributed by atoms with Crippen molar-refractivity contribution < 1.29 is 18.3 Å². The molecule has 0 heterocycles. The molecular weight excluding hydrogens is 290 g/mol. The van der Waals surface area contributed by atoms with Crippen molar-refractivity contribution in [3.63, 3.8) is 0 Å². The van der Waals surface area contributed by atoms with Crippen molar-refractivity contribution in [2.24, 2.45) is 5.92 Å². The summed E-state index contributed by atoms with van der Waals surface area (Å²) in [6.07, 6.45) is 7.59. The van der Waals surface area contributed by atoms with Crippen LogP contribution >= 0.6 is 0 Å². The minimum atomic E-state index is -2.89. The lowest BCUT2D eigenvalue weighted by molar-refractivity contribution is -0.0498.